The number of carbonyl (C=O) groups excluding carboxylic acids is 2. The lowest BCUT2D eigenvalue weighted by Gasteiger charge is -2.23. The number of carbonyl (C=O) groups is 2. The fraction of sp³-hybridized carbons (Fsp3) is 0.650. The fourth-order valence-electron chi connectivity index (χ4n) is 3.06. The number of esters is 1. The summed E-state index contributed by atoms with van der Waals surface area (Å²) in [6.07, 6.45) is 0.392. The zero-order valence-electron chi connectivity index (χ0n) is 18.1. The standard InChI is InChI=1S/C20H32N4O5/c1-7-21-18(22-11-15-10-16(13(2)28-15)17(25)27-6)24-9-8-14(12-24)23-19(26)29-20(3,4)5/h10,14H,7-9,11-12H2,1-6H3,(H,21,22)(H,23,26). The van der Waals surface area contributed by atoms with Crippen molar-refractivity contribution in [1.29, 1.82) is 0 Å². The van der Waals surface area contributed by atoms with Gasteiger partial charge in [-0.2, -0.15) is 0 Å². The van der Waals surface area contributed by atoms with Gasteiger partial charge in [0.25, 0.3) is 0 Å². The number of hydrogen-bond acceptors (Lipinski definition) is 6. The highest BCUT2D eigenvalue weighted by Crippen LogP contribution is 2.17. The van der Waals surface area contributed by atoms with Gasteiger partial charge in [-0.15, -0.1) is 0 Å². The molecule has 29 heavy (non-hydrogen) atoms. The summed E-state index contributed by atoms with van der Waals surface area (Å²) < 4.78 is 15.7. The average Bonchev–Trinajstić information content (AvgIpc) is 3.22. The van der Waals surface area contributed by atoms with Gasteiger partial charge in [-0.05, 0) is 47.1 Å². The second-order valence-corrected chi connectivity index (χ2v) is 7.92. The number of likely N-dealkylation sites (tertiary alicyclic amines) is 1. The summed E-state index contributed by atoms with van der Waals surface area (Å²) in [5.74, 6) is 1.40. The highest BCUT2D eigenvalue weighted by atomic mass is 16.6. The number of aliphatic imine (C=N–C) groups is 1. The topological polar surface area (TPSA) is 105 Å². The van der Waals surface area contributed by atoms with E-state index in [0.29, 0.717) is 36.7 Å². The minimum atomic E-state index is -0.525. The molecule has 1 saturated heterocycles. The maximum Gasteiger partial charge on any atom is 0.407 e. The monoisotopic (exact) mass is 408 g/mol. The Hall–Kier alpha value is -2.71. The van der Waals surface area contributed by atoms with Crippen molar-refractivity contribution in [3.8, 4) is 0 Å². The van der Waals surface area contributed by atoms with Crippen molar-refractivity contribution in [2.24, 2.45) is 4.99 Å². The van der Waals surface area contributed by atoms with E-state index in [1.165, 1.54) is 7.11 Å². The van der Waals surface area contributed by atoms with Crippen LogP contribution in [-0.2, 0) is 16.0 Å². The lowest BCUT2D eigenvalue weighted by atomic mass is 10.2. The predicted octanol–water partition coefficient (Wildman–Crippen LogP) is 2.44. The lowest BCUT2D eigenvalue weighted by Crippen LogP contribution is -2.44. The van der Waals surface area contributed by atoms with E-state index in [0.717, 1.165) is 18.9 Å². The summed E-state index contributed by atoms with van der Waals surface area (Å²) in [7, 11) is 1.34. The molecule has 1 aliphatic heterocycles. The number of hydrogen-bond donors (Lipinski definition) is 2. The smallest absolute Gasteiger partial charge is 0.407 e. The van der Waals surface area contributed by atoms with Gasteiger partial charge in [0.2, 0.25) is 0 Å². The number of methoxy groups -OCH3 is 1. The predicted molar refractivity (Wildman–Crippen MR) is 109 cm³/mol. The number of ether oxygens (including phenoxy) is 2. The highest BCUT2D eigenvalue weighted by Gasteiger charge is 2.28. The molecule has 1 aromatic heterocycles. The van der Waals surface area contributed by atoms with Crippen LogP contribution in [0.25, 0.3) is 0 Å². The van der Waals surface area contributed by atoms with Crippen molar-refractivity contribution in [2.45, 2.75) is 59.2 Å². The summed E-state index contributed by atoms with van der Waals surface area (Å²) >= 11 is 0. The van der Waals surface area contributed by atoms with Crippen LogP contribution in [0.2, 0.25) is 0 Å². The van der Waals surface area contributed by atoms with Crippen LogP contribution in [0.1, 0.15) is 56.0 Å². The SMILES string of the molecule is CCNC(=NCc1cc(C(=O)OC)c(C)o1)N1CCC(NC(=O)OC(C)(C)C)C1. The first-order chi connectivity index (χ1) is 13.6. The van der Waals surface area contributed by atoms with E-state index in [1.807, 2.05) is 27.7 Å². The Bertz CT molecular complexity index is 751. The third-order valence-corrected chi connectivity index (χ3v) is 4.30. The molecule has 9 nitrogen and oxygen atoms in total. The van der Waals surface area contributed by atoms with Crippen LogP contribution in [0.4, 0.5) is 4.79 Å². The van der Waals surface area contributed by atoms with Gasteiger partial charge < -0.3 is 29.4 Å². The second kappa shape index (κ2) is 9.67. The first-order valence-electron chi connectivity index (χ1n) is 9.83. The van der Waals surface area contributed by atoms with Gasteiger partial charge in [-0.25, -0.2) is 14.6 Å². The zero-order valence-corrected chi connectivity index (χ0v) is 18.1. The molecule has 0 saturated carbocycles. The Labute approximate surface area is 171 Å². The summed E-state index contributed by atoms with van der Waals surface area (Å²) in [6, 6.07) is 1.65. The Morgan fingerprint density at radius 1 is 1.38 bits per heavy atom. The molecule has 1 aliphatic rings. The molecular formula is C20H32N4O5. The molecule has 0 bridgehead atoms. The van der Waals surface area contributed by atoms with Gasteiger partial charge in [0, 0.05) is 19.6 Å². The van der Waals surface area contributed by atoms with Crippen LogP contribution in [0.5, 0.6) is 0 Å². The second-order valence-electron chi connectivity index (χ2n) is 7.92. The Morgan fingerprint density at radius 2 is 2.10 bits per heavy atom. The normalized spacial score (nSPS) is 17.2. The van der Waals surface area contributed by atoms with E-state index < -0.39 is 17.7 Å². The number of rotatable bonds is 5. The molecule has 1 unspecified atom stereocenters. The van der Waals surface area contributed by atoms with Gasteiger partial charge in [0.1, 0.15) is 29.2 Å². The van der Waals surface area contributed by atoms with Crippen molar-refractivity contribution < 1.29 is 23.5 Å². The minimum absolute atomic E-state index is 0.00881. The van der Waals surface area contributed by atoms with Gasteiger partial charge in [-0.3, -0.25) is 0 Å². The third kappa shape index (κ3) is 6.69. The van der Waals surface area contributed by atoms with Crippen molar-refractivity contribution in [3.63, 3.8) is 0 Å². The Balaban J connectivity index is 1.99. The number of guanidine groups is 1. The van der Waals surface area contributed by atoms with Crippen LogP contribution in [-0.4, -0.2) is 61.3 Å². The molecule has 1 fully saturated rings. The molecule has 1 amide bonds. The molecule has 1 aromatic rings. The van der Waals surface area contributed by atoms with E-state index in [2.05, 4.69) is 20.5 Å². The first-order valence-corrected chi connectivity index (χ1v) is 9.83. The number of alkyl carbamates (subject to hydrolysis) is 1. The summed E-state index contributed by atoms with van der Waals surface area (Å²) in [5.41, 5.74) is -0.117. The van der Waals surface area contributed by atoms with Crippen LogP contribution in [0, 0.1) is 6.92 Å². The van der Waals surface area contributed by atoms with Gasteiger partial charge in [-0.1, -0.05) is 0 Å². The number of furan rings is 1. The van der Waals surface area contributed by atoms with Crippen molar-refractivity contribution in [2.75, 3.05) is 26.7 Å². The van der Waals surface area contributed by atoms with Crippen molar-refractivity contribution in [1.82, 2.24) is 15.5 Å². The van der Waals surface area contributed by atoms with Crippen LogP contribution < -0.4 is 10.6 Å². The van der Waals surface area contributed by atoms with Crippen molar-refractivity contribution >= 4 is 18.0 Å². The molecule has 2 rings (SSSR count). The van der Waals surface area contributed by atoms with E-state index in [-0.39, 0.29) is 6.04 Å². The summed E-state index contributed by atoms with van der Waals surface area (Å²) in [4.78, 5) is 30.4. The van der Waals surface area contributed by atoms with E-state index in [1.54, 1.807) is 13.0 Å². The van der Waals surface area contributed by atoms with E-state index in [9.17, 15) is 9.59 Å². The summed E-state index contributed by atoms with van der Waals surface area (Å²) in [6.45, 7) is 11.6. The van der Waals surface area contributed by atoms with Gasteiger partial charge in [0.15, 0.2) is 5.96 Å². The fourth-order valence-corrected chi connectivity index (χ4v) is 3.06. The third-order valence-electron chi connectivity index (χ3n) is 4.30. The number of aryl methyl sites for hydroxylation is 1. The Morgan fingerprint density at radius 3 is 2.72 bits per heavy atom. The first kappa shape index (κ1) is 22.6. The molecular weight excluding hydrogens is 376 g/mol. The maximum atomic E-state index is 12.0. The molecule has 0 aromatic carbocycles. The largest absolute Gasteiger partial charge is 0.465 e. The molecule has 0 radical (unpaired) electrons. The Kier molecular flexibility index (Phi) is 7.53. The van der Waals surface area contributed by atoms with E-state index in [4.69, 9.17) is 13.9 Å². The van der Waals surface area contributed by atoms with Gasteiger partial charge in [0.05, 0.1) is 13.2 Å². The zero-order chi connectivity index (χ0) is 21.6. The quantitative estimate of drug-likeness (QED) is 0.438. The minimum Gasteiger partial charge on any atom is -0.465 e. The van der Waals surface area contributed by atoms with Crippen molar-refractivity contribution in [3.05, 3.63) is 23.2 Å². The molecule has 9 heteroatoms. The molecule has 162 valence electrons. The van der Waals surface area contributed by atoms with Crippen LogP contribution in [0.15, 0.2) is 15.5 Å². The van der Waals surface area contributed by atoms with E-state index >= 15 is 0 Å². The van der Waals surface area contributed by atoms with Gasteiger partial charge >= 0.3 is 12.1 Å². The highest BCUT2D eigenvalue weighted by molar-refractivity contribution is 5.90. The number of nitrogens with one attached hydrogen (secondary N) is 2. The van der Waals surface area contributed by atoms with Crippen LogP contribution >= 0.6 is 0 Å². The maximum absolute atomic E-state index is 12.0. The number of amides is 1. The molecule has 0 spiro atoms. The average molecular weight is 408 g/mol. The lowest BCUT2D eigenvalue weighted by molar-refractivity contribution is 0.0506. The molecule has 2 N–H and O–H groups in total. The van der Waals surface area contributed by atoms with Crippen LogP contribution in [0.3, 0.4) is 0 Å². The number of nitrogens with zero attached hydrogens (tertiary/aromatic N) is 2. The molecule has 2 heterocycles. The molecule has 1 atom stereocenters. The summed E-state index contributed by atoms with van der Waals surface area (Å²) in [5, 5.41) is 6.17. The molecule has 0 aliphatic carbocycles.